The smallest absolute Gasteiger partial charge is 0.191 e. The lowest BCUT2D eigenvalue weighted by atomic mass is 10.1. The summed E-state index contributed by atoms with van der Waals surface area (Å²) >= 11 is 0. The van der Waals surface area contributed by atoms with E-state index in [2.05, 4.69) is 54.8 Å². The first-order valence-electron chi connectivity index (χ1n) is 11.0. The number of hydrogen-bond donors (Lipinski definition) is 3. The van der Waals surface area contributed by atoms with E-state index in [0.717, 1.165) is 61.2 Å². The Bertz CT molecular complexity index is 975. The lowest BCUT2D eigenvalue weighted by Crippen LogP contribution is -2.43. The van der Waals surface area contributed by atoms with Gasteiger partial charge in [-0.25, -0.2) is 4.98 Å². The summed E-state index contributed by atoms with van der Waals surface area (Å²) in [6, 6.07) is 16.8. The monoisotopic (exact) mass is 420 g/mol. The fourth-order valence-corrected chi connectivity index (χ4v) is 4.20. The average molecular weight is 421 g/mol. The van der Waals surface area contributed by atoms with Crippen molar-refractivity contribution in [2.75, 3.05) is 40.3 Å². The molecule has 1 aliphatic rings. The van der Waals surface area contributed by atoms with E-state index in [-0.39, 0.29) is 6.04 Å². The quantitative estimate of drug-likeness (QED) is 0.386. The average Bonchev–Trinajstić information content (AvgIpc) is 3.48. The maximum absolute atomic E-state index is 5.45. The first-order chi connectivity index (χ1) is 15.3. The number of imidazole rings is 1. The molecule has 7 heteroatoms. The fourth-order valence-electron chi connectivity index (χ4n) is 4.20. The van der Waals surface area contributed by atoms with E-state index < -0.39 is 0 Å². The number of hydrogen-bond acceptors (Lipinski definition) is 4. The summed E-state index contributed by atoms with van der Waals surface area (Å²) in [4.78, 5) is 15.0. The largest absolute Gasteiger partial charge is 0.497 e. The number of para-hydroxylation sites is 2. The van der Waals surface area contributed by atoms with Crippen LogP contribution < -0.4 is 15.4 Å². The molecule has 0 bridgehead atoms. The van der Waals surface area contributed by atoms with Gasteiger partial charge in [-0.15, -0.1) is 0 Å². The second-order valence-corrected chi connectivity index (χ2v) is 7.87. The molecule has 2 aromatic carbocycles. The maximum atomic E-state index is 5.45. The van der Waals surface area contributed by atoms with Gasteiger partial charge < -0.3 is 20.4 Å². The van der Waals surface area contributed by atoms with Crippen LogP contribution in [0.25, 0.3) is 11.0 Å². The minimum Gasteiger partial charge on any atom is -0.497 e. The number of likely N-dealkylation sites (tertiary alicyclic amines) is 1. The summed E-state index contributed by atoms with van der Waals surface area (Å²) < 4.78 is 5.45. The predicted octanol–water partition coefficient (Wildman–Crippen LogP) is 3.12. The van der Waals surface area contributed by atoms with Gasteiger partial charge in [0, 0.05) is 26.6 Å². The summed E-state index contributed by atoms with van der Waals surface area (Å²) in [5.74, 6) is 2.69. The number of H-pyrrole nitrogens is 1. The van der Waals surface area contributed by atoms with Crippen molar-refractivity contribution in [1.29, 1.82) is 0 Å². The van der Waals surface area contributed by atoms with E-state index in [1.165, 1.54) is 18.4 Å². The Morgan fingerprint density at radius 2 is 2.00 bits per heavy atom. The lowest BCUT2D eigenvalue weighted by molar-refractivity contribution is 0.245. The number of aromatic nitrogens is 2. The Balaban J connectivity index is 1.34. The molecular formula is C24H32N6O. The fraction of sp³-hybridized carbons (Fsp3) is 0.417. The van der Waals surface area contributed by atoms with Gasteiger partial charge in [0.2, 0.25) is 0 Å². The van der Waals surface area contributed by atoms with Crippen LogP contribution >= 0.6 is 0 Å². The predicted molar refractivity (Wildman–Crippen MR) is 126 cm³/mol. The van der Waals surface area contributed by atoms with E-state index in [1.807, 2.05) is 31.3 Å². The Kier molecular flexibility index (Phi) is 7.04. The number of methoxy groups -OCH3 is 1. The molecule has 3 N–H and O–H groups in total. The zero-order valence-electron chi connectivity index (χ0n) is 18.4. The first-order valence-corrected chi connectivity index (χ1v) is 11.0. The number of aromatic amines is 1. The molecule has 4 rings (SSSR count). The third kappa shape index (κ3) is 5.35. The normalized spacial score (nSPS) is 15.9. The Morgan fingerprint density at radius 1 is 1.16 bits per heavy atom. The highest BCUT2D eigenvalue weighted by atomic mass is 16.5. The molecule has 1 unspecified atom stereocenters. The van der Waals surface area contributed by atoms with Crippen molar-refractivity contribution < 1.29 is 4.74 Å². The Labute approximate surface area is 183 Å². The van der Waals surface area contributed by atoms with Crippen LogP contribution in [-0.4, -0.2) is 61.2 Å². The van der Waals surface area contributed by atoms with Gasteiger partial charge in [0.05, 0.1) is 24.2 Å². The number of nitrogens with one attached hydrogen (secondary N) is 3. The molecule has 3 aromatic rings. The minimum atomic E-state index is 0.284. The van der Waals surface area contributed by atoms with E-state index in [1.54, 1.807) is 7.11 Å². The Morgan fingerprint density at radius 3 is 2.77 bits per heavy atom. The molecular weight excluding hydrogens is 388 g/mol. The van der Waals surface area contributed by atoms with Crippen molar-refractivity contribution in [1.82, 2.24) is 25.5 Å². The van der Waals surface area contributed by atoms with Gasteiger partial charge >= 0.3 is 0 Å². The zero-order valence-corrected chi connectivity index (χ0v) is 18.4. The minimum absolute atomic E-state index is 0.284. The van der Waals surface area contributed by atoms with Crippen molar-refractivity contribution in [2.24, 2.45) is 4.99 Å². The molecule has 0 aliphatic carbocycles. The second kappa shape index (κ2) is 10.3. The highest BCUT2D eigenvalue weighted by molar-refractivity contribution is 5.79. The molecule has 7 nitrogen and oxygen atoms in total. The molecule has 164 valence electrons. The van der Waals surface area contributed by atoms with Gasteiger partial charge in [-0.1, -0.05) is 24.3 Å². The first kappa shape index (κ1) is 21.2. The van der Waals surface area contributed by atoms with Crippen molar-refractivity contribution in [3.8, 4) is 5.75 Å². The summed E-state index contributed by atoms with van der Waals surface area (Å²) in [6.07, 6.45) is 3.32. The van der Waals surface area contributed by atoms with Crippen LogP contribution in [0, 0.1) is 0 Å². The molecule has 1 atom stereocenters. The SMILES string of the molecule is CN=C(NCCc1nc2ccccc2[nH]1)NCC(c1cccc(OC)c1)N1CCCC1. The van der Waals surface area contributed by atoms with E-state index >= 15 is 0 Å². The summed E-state index contributed by atoms with van der Waals surface area (Å²) in [5.41, 5.74) is 3.35. The topological polar surface area (TPSA) is 77.6 Å². The van der Waals surface area contributed by atoms with Crippen LogP contribution in [-0.2, 0) is 6.42 Å². The highest BCUT2D eigenvalue weighted by Gasteiger charge is 2.24. The number of benzene rings is 2. The van der Waals surface area contributed by atoms with Gasteiger partial charge in [-0.2, -0.15) is 0 Å². The molecule has 31 heavy (non-hydrogen) atoms. The van der Waals surface area contributed by atoms with Crippen molar-refractivity contribution in [2.45, 2.75) is 25.3 Å². The number of fused-ring (bicyclic) bond motifs is 1. The third-order valence-electron chi connectivity index (χ3n) is 5.84. The number of nitrogens with zero attached hydrogens (tertiary/aromatic N) is 3. The van der Waals surface area contributed by atoms with E-state index in [0.29, 0.717) is 0 Å². The second-order valence-electron chi connectivity index (χ2n) is 7.87. The molecule has 0 saturated carbocycles. The summed E-state index contributed by atoms with van der Waals surface area (Å²) in [7, 11) is 3.53. The lowest BCUT2D eigenvalue weighted by Gasteiger charge is -2.29. The van der Waals surface area contributed by atoms with Gasteiger partial charge in [0.1, 0.15) is 11.6 Å². The third-order valence-corrected chi connectivity index (χ3v) is 5.84. The maximum Gasteiger partial charge on any atom is 0.191 e. The van der Waals surface area contributed by atoms with Crippen molar-refractivity contribution in [3.63, 3.8) is 0 Å². The van der Waals surface area contributed by atoms with Crippen LogP contribution in [0.3, 0.4) is 0 Å². The number of rotatable bonds is 8. The Hall–Kier alpha value is -3.06. The van der Waals surface area contributed by atoms with Crippen LogP contribution in [0.15, 0.2) is 53.5 Å². The van der Waals surface area contributed by atoms with Gasteiger partial charge in [-0.05, 0) is 55.8 Å². The van der Waals surface area contributed by atoms with Crippen LogP contribution in [0.1, 0.15) is 30.3 Å². The number of aliphatic imine (C=N–C) groups is 1. The molecule has 0 radical (unpaired) electrons. The van der Waals surface area contributed by atoms with Gasteiger partial charge in [-0.3, -0.25) is 9.89 Å². The molecule has 1 fully saturated rings. The number of ether oxygens (including phenoxy) is 1. The van der Waals surface area contributed by atoms with E-state index in [9.17, 15) is 0 Å². The number of guanidine groups is 1. The van der Waals surface area contributed by atoms with Gasteiger partial charge in [0.25, 0.3) is 0 Å². The van der Waals surface area contributed by atoms with Crippen LogP contribution in [0.2, 0.25) is 0 Å². The molecule has 1 saturated heterocycles. The molecule has 0 amide bonds. The van der Waals surface area contributed by atoms with Crippen molar-refractivity contribution >= 4 is 17.0 Å². The molecule has 1 aromatic heterocycles. The van der Waals surface area contributed by atoms with Crippen LogP contribution in [0.4, 0.5) is 0 Å². The van der Waals surface area contributed by atoms with E-state index in [4.69, 9.17) is 4.74 Å². The highest BCUT2D eigenvalue weighted by Crippen LogP contribution is 2.27. The van der Waals surface area contributed by atoms with Crippen molar-refractivity contribution in [3.05, 3.63) is 59.9 Å². The standard InChI is InChI=1S/C24H32N6O/c1-25-24(26-13-12-23-28-20-10-3-4-11-21(20)29-23)27-17-22(30-14-5-6-15-30)18-8-7-9-19(16-18)31-2/h3-4,7-11,16,22H,5-6,12-15,17H2,1-2H3,(H,28,29)(H2,25,26,27). The molecule has 1 aliphatic heterocycles. The molecule has 0 spiro atoms. The van der Waals surface area contributed by atoms with Gasteiger partial charge in [0.15, 0.2) is 5.96 Å². The zero-order chi connectivity index (χ0) is 21.5. The van der Waals surface area contributed by atoms with Crippen LogP contribution in [0.5, 0.6) is 5.75 Å². The molecule has 2 heterocycles. The summed E-state index contributed by atoms with van der Waals surface area (Å²) in [6.45, 7) is 3.80. The summed E-state index contributed by atoms with van der Waals surface area (Å²) in [5, 5.41) is 6.94.